The molecule has 0 aromatic heterocycles. The van der Waals surface area contributed by atoms with Gasteiger partial charge < -0.3 is 24.3 Å². The third-order valence-electron chi connectivity index (χ3n) is 4.27. The number of benzene rings is 2. The van der Waals surface area contributed by atoms with Crippen LogP contribution in [0.1, 0.15) is 23.7 Å². The summed E-state index contributed by atoms with van der Waals surface area (Å²) in [6.07, 6.45) is 0.392. The van der Waals surface area contributed by atoms with Crippen LogP contribution in [0.4, 0.5) is 10.5 Å². The zero-order chi connectivity index (χ0) is 22.9. The van der Waals surface area contributed by atoms with Crippen molar-refractivity contribution < 1.29 is 38.1 Å². The molecule has 2 aromatic carbocycles. The standard InChI is InChI=1S/C22H22N2O8/c1-2-17(25)14-3-6-16(7-4-14)31-13-21(27)32-12-20(26)24-22(28)23-15-5-8-18-19(11-15)30-10-9-29-18/h3-8,11H,2,9-10,12-13H2,1H3,(H2,23,24,26,28). The number of urea groups is 1. The van der Waals surface area contributed by atoms with E-state index in [4.69, 9.17) is 18.9 Å². The first-order chi connectivity index (χ1) is 15.4. The van der Waals surface area contributed by atoms with Gasteiger partial charge in [0.25, 0.3) is 5.91 Å². The summed E-state index contributed by atoms with van der Waals surface area (Å²) in [5.74, 6) is -0.173. The lowest BCUT2D eigenvalue weighted by molar-refractivity contribution is -0.150. The van der Waals surface area contributed by atoms with E-state index in [9.17, 15) is 19.2 Å². The van der Waals surface area contributed by atoms with Gasteiger partial charge in [0.05, 0.1) is 0 Å². The quantitative estimate of drug-likeness (QED) is 0.471. The molecule has 0 unspecified atom stereocenters. The van der Waals surface area contributed by atoms with E-state index in [1.165, 1.54) is 0 Å². The number of ketones is 1. The summed E-state index contributed by atoms with van der Waals surface area (Å²) in [5.41, 5.74) is 0.949. The zero-order valence-electron chi connectivity index (χ0n) is 17.3. The van der Waals surface area contributed by atoms with Gasteiger partial charge in [-0.25, -0.2) is 9.59 Å². The third-order valence-corrected chi connectivity index (χ3v) is 4.27. The summed E-state index contributed by atoms with van der Waals surface area (Å²) >= 11 is 0. The van der Waals surface area contributed by atoms with Crippen LogP contribution in [0, 0.1) is 0 Å². The van der Waals surface area contributed by atoms with Crippen LogP contribution in [0.25, 0.3) is 0 Å². The van der Waals surface area contributed by atoms with E-state index in [0.717, 1.165) is 0 Å². The number of amides is 3. The minimum absolute atomic E-state index is 0.0000158. The number of imide groups is 1. The van der Waals surface area contributed by atoms with E-state index in [-0.39, 0.29) is 5.78 Å². The van der Waals surface area contributed by atoms with Gasteiger partial charge in [-0.1, -0.05) is 6.92 Å². The van der Waals surface area contributed by atoms with Crippen molar-refractivity contribution in [3.63, 3.8) is 0 Å². The van der Waals surface area contributed by atoms with Gasteiger partial charge in [0.1, 0.15) is 19.0 Å². The number of Topliss-reactive ketones (excluding diaryl/α,β-unsaturated/α-hetero) is 1. The van der Waals surface area contributed by atoms with E-state index >= 15 is 0 Å². The average Bonchev–Trinajstić information content (AvgIpc) is 2.81. The number of rotatable bonds is 8. The lowest BCUT2D eigenvalue weighted by atomic mass is 10.1. The maximum absolute atomic E-state index is 11.9. The molecule has 0 saturated heterocycles. The Bertz CT molecular complexity index is 1000. The molecule has 2 aromatic rings. The van der Waals surface area contributed by atoms with E-state index in [2.05, 4.69) is 5.32 Å². The summed E-state index contributed by atoms with van der Waals surface area (Å²) in [6, 6.07) is 10.3. The molecular weight excluding hydrogens is 420 g/mol. The molecular formula is C22H22N2O8. The summed E-state index contributed by atoms with van der Waals surface area (Å²) in [4.78, 5) is 47.1. The van der Waals surface area contributed by atoms with Gasteiger partial charge in [0.2, 0.25) is 0 Å². The highest BCUT2D eigenvalue weighted by Gasteiger charge is 2.15. The number of fused-ring (bicyclic) bond motifs is 1. The SMILES string of the molecule is CCC(=O)c1ccc(OCC(=O)OCC(=O)NC(=O)Nc2ccc3c(c2)OCCO3)cc1. The molecule has 0 saturated carbocycles. The average molecular weight is 442 g/mol. The van der Waals surface area contributed by atoms with Crippen molar-refractivity contribution in [2.45, 2.75) is 13.3 Å². The van der Waals surface area contributed by atoms with Crippen LogP contribution in [0.3, 0.4) is 0 Å². The Morgan fingerprint density at radius 2 is 1.66 bits per heavy atom. The Balaban J connectivity index is 1.37. The number of carbonyl (C=O) groups excluding carboxylic acids is 4. The predicted molar refractivity (Wildman–Crippen MR) is 112 cm³/mol. The highest BCUT2D eigenvalue weighted by Crippen LogP contribution is 2.32. The first-order valence-corrected chi connectivity index (χ1v) is 9.86. The molecule has 3 rings (SSSR count). The summed E-state index contributed by atoms with van der Waals surface area (Å²) < 4.78 is 20.8. The zero-order valence-corrected chi connectivity index (χ0v) is 17.3. The van der Waals surface area contributed by atoms with Gasteiger partial charge in [-0.05, 0) is 36.4 Å². The van der Waals surface area contributed by atoms with Crippen LogP contribution < -0.4 is 24.8 Å². The van der Waals surface area contributed by atoms with E-state index in [1.54, 1.807) is 49.4 Å². The topological polar surface area (TPSA) is 129 Å². The van der Waals surface area contributed by atoms with Gasteiger partial charge in [0.15, 0.2) is 30.5 Å². The molecule has 3 amide bonds. The van der Waals surface area contributed by atoms with Crippen LogP contribution >= 0.6 is 0 Å². The molecule has 0 radical (unpaired) electrons. The van der Waals surface area contributed by atoms with Crippen LogP contribution in [0.15, 0.2) is 42.5 Å². The minimum Gasteiger partial charge on any atom is -0.486 e. The van der Waals surface area contributed by atoms with Crippen molar-refractivity contribution in [1.82, 2.24) is 5.32 Å². The first-order valence-electron chi connectivity index (χ1n) is 9.86. The summed E-state index contributed by atoms with van der Waals surface area (Å²) in [5, 5.41) is 4.53. The Kier molecular flexibility index (Phi) is 7.63. The first kappa shape index (κ1) is 22.6. The Labute approximate surface area is 183 Å². The molecule has 168 valence electrons. The van der Waals surface area contributed by atoms with Crippen LogP contribution in [-0.2, 0) is 14.3 Å². The molecule has 0 spiro atoms. The third kappa shape index (κ3) is 6.46. The van der Waals surface area contributed by atoms with E-state index in [1.807, 2.05) is 5.32 Å². The minimum atomic E-state index is -0.809. The summed E-state index contributed by atoms with van der Waals surface area (Å²) in [6.45, 7) is 1.53. The highest BCUT2D eigenvalue weighted by atomic mass is 16.6. The molecule has 0 aliphatic carbocycles. The number of ether oxygens (including phenoxy) is 4. The second kappa shape index (κ2) is 10.8. The number of hydrogen-bond donors (Lipinski definition) is 2. The molecule has 10 heteroatoms. The van der Waals surface area contributed by atoms with Crippen molar-refractivity contribution in [3.8, 4) is 17.2 Å². The number of hydrogen-bond acceptors (Lipinski definition) is 8. The molecule has 0 atom stereocenters. The van der Waals surface area contributed by atoms with Gasteiger partial charge >= 0.3 is 12.0 Å². The number of anilines is 1. The number of nitrogens with one attached hydrogen (secondary N) is 2. The largest absolute Gasteiger partial charge is 0.486 e. The number of carbonyl (C=O) groups is 4. The summed E-state index contributed by atoms with van der Waals surface area (Å²) in [7, 11) is 0. The van der Waals surface area contributed by atoms with E-state index < -0.39 is 31.1 Å². The second-order valence-corrected chi connectivity index (χ2v) is 6.61. The Morgan fingerprint density at radius 1 is 0.938 bits per heavy atom. The lowest BCUT2D eigenvalue weighted by Gasteiger charge is -2.19. The molecule has 0 fully saturated rings. The predicted octanol–water partition coefficient (Wildman–Crippen LogP) is 2.32. The number of esters is 1. The van der Waals surface area contributed by atoms with Gasteiger partial charge in [-0.3, -0.25) is 14.9 Å². The fourth-order valence-electron chi connectivity index (χ4n) is 2.72. The van der Waals surface area contributed by atoms with Crippen LogP contribution in [0.5, 0.6) is 17.2 Å². The fraction of sp³-hybridized carbons (Fsp3) is 0.273. The smallest absolute Gasteiger partial charge is 0.344 e. The van der Waals surface area contributed by atoms with Gasteiger partial charge in [0, 0.05) is 23.7 Å². The molecule has 1 heterocycles. The fourth-order valence-corrected chi connectivity index (χ4v) is 2.72. The lowest BCUT2D eigenvalue weighted by Crippen LogP contribution is -2.37. The van der Waals surface area contributed by atoms with Gasteiger partial charge in [-0.2, -0.15) is 0 Å². The van der Waals surface area contributed by atoms with Crippen molar-refractivity contribution in [2.24, 2.45) is 0 Å². The molecule has 10 nitrogen and oxygen atoms in total. The normalized spacial score (nSPS) is 11.8. The van der Waals surface area contributed by atoms with Gasteiger partial charge in [-0.15, -0.1) is 0 Å². The molecule has 0 bridgehead atoms. The molecule has 1 aliphatic heterocycles. The maximum atomic E-state index is 11.9. The highest BCUT2D eigenvalue weighted by molar-refractivity contribution is 6.02. The Morgan fingerprint density at radius 3 is 2.38 bits per heavy atom. The van der Waals surface area contributed by atoms with Crippen LogP contribution in [-0.4, -0.2) is 50.1 Å². The van der Waals surface area contributed by atoms with Crippen molar-refractivity contribution in [3.05, 3.63) is 48.0 Å². The van der Waals surface area contributed by atoms with Crippen molar-refractivity contribution in [1.29, 1.82) is 0 Å². The molecule has 2 N–H and O–H groups in total. The maximum Gasteiger partial charge on any atom is 0.344 e. The van der Waals surface area contributed by atoms with Crippen molar-refractivity contribution >= 4 is 29.4 Å². The van der Waals surface area contributed by atoms with E-state index in [0.29, 0.717) is 48.1 Å². The Hall–Kier alpha value is -4.08. The monoisotopic (exact) mass is 442 g/mol. The van der Waals surface area contributed by atoms with Crippen molar-refractivity contribution in [2.75, 3.05) is 31.7 Å². The molecule has 32 heavy (non-hydrogen) atoms. The molecule has 1 aliphatic rings. The van der Waals surface area contributed by atoms with Crippen LogP contribution in [0.2, 0.25) is 0 Å². The second-order valence-electron chi connectivity index (χ2n) is 6.61.